The fraction of sp³-hybridized carbons (Fsp3) is 0.286. The molecule has 1 aliphatic rings. The van der Waals surface area contributed by atoms with Crippen molar-refractivity contribution in [2.75, 3.05) is 26.4 Å². The van der Waals surface area contributed by atoms with Crippen molar-refractivity contribution in [2.24, 2.45) is 11.8 Å². The van der Waals surface area contributed by atoms with Crippen molar-refractivity contribution in [3.8, 4) is 23.0 Å². The fourth-order valence-corrected chi connectivity index (χ4v) is 5.78. The molecule has 0 radical (unpaired) electrons. The molecule has 0 saturated heterocycles. The minimum atomic E-state index is -0.997. The topological polar surface area (TPSA) is 101 Å². The molecule has 8 heteroatoms. The van der Waals surface area contributed by atoms with Crippen molar-refractivity contribution in [3.63, 3.8) is 0 Å². The van der Waals surface area contributed by atoms with Gasteiger partial charge in [-0.3, -0.25) is 4.79 Å². The lowest BCUT2D eigenvalue weighted by Crippen LogP contribution is -2.34. The van der Waals surface area contributed by atoms with Crippen LogP contribution in [0.5, 0.6) is 23.0 Å². The Bertz CT molecular complexity index is 1750. The van der Waals surface area contributed by atoms with Crippen LogP contribution in [0.4, 0.5) is 0 Å². The monoisotopic (exact) mass is 676 g/mol. The highest BCUT2D eigenvalue weighted by Gasteiger charge is 2.45. The number of aliphatic hydroxyl groups is 1. The molecule has 1 aliphatic heterocycles. The maximum Gasteiger partial charge on any atom is 0.333 e. The molecule has 0 bridgehead atoms. The van der Waals surface area contributed by atoms with Crippen LogP contribution in [0.3, 0.4) is 0 Å². The predicted octanol–water partition coefficient (Wildman–Crippen LogP) is 7.80. The summed E-state index contributed by atoms with van der Waals surface area (Å²) in [5.41, 5.74) is 3.56. The molecule has 0 spiro atoms. The molecule has 0 aliphatic carbocycles. The van der Waals surface area contributed by atoms with Crippen LogP contribution in [-0.4, -0.2) is 49.6 Å². The summed E-state index contributed by atoms with van der Waals surface area (Å²) >= 11 is 0. The second-order valence-corrected chi connectivity index (χ2v) is 12.5. The zero-order valence-corrected chi connectivity index (χ0v) is 28.8. The lowest BCUT2D eigenvalue weighted by Gasteiger charge is -2.41. The van der Waals surface area contributed by atoms with Crippen molar-refractivity contribution in [1.82, 2.24) is 0 Å². The van der Waals surface area contributed by atoms with Gasteiger partial charge < -0.3 is 28.8 Å². The number of ether oxygens (including phenoxy) is 5. The number of esters is 2. The van der Waals surface area contributed by atoms with Crippen LogP contribution in [0, 0.1) is 11.8 Å². The number of aliphatic hydroxyl groups excluding tert-OH is 1. The van der Waals surface area contributed by atoms with Crippen LogP contribution in [0.15, 0.2) is 122 Å². The van der Waals surface area contributed by atoms with Gasteiger partial charge in [-0.1, -0.05) is 87.2 Å². The second-order valence-electron chi connectivity index (χ2n) is 12.5. The van der Waals surface area contributed by atoms with Crippen molar-refractivity contribution in [2.45, 2.75) is 38.7 Å². The number of para-hydroxylation sites is 2. The summed E-state index contributed by atoms with van der Waals surface area (Å²) < 4.78 is 28.9. The van der Waals surface area contributed by atoms with Crippen molar-refractivity contribution in [1.29, 1.82) is 0 Å². The summed E-state index contributed by atoms with van der Waals surface area (Å²) in [7, 11) is 0. The zero-order chi connectivity index (χ0) is 35.7. The third-order valence-electron chi connectivity index (χ3n) is 8.71. The first-order chi connectivity index (χ1) is 24.2. The first-order valence-electron chi connectivity index (χ1n) is 16.8. The lowest BCUT2D eigenvalue weighted by molar-refractivity contribution is -0.147. The molecule has 0 saturated carbocycles. The summed E-state index contributed by atoms with van der Waals surface area (Å²) in [4.78, 5) is 23.9. The number of hydrogen-bond donors (Lipinski definition) is 1. The molecule has 5 rings (SSSR count). The Morgan fingerprint density at radius 3 is 1.80 bits per heavy atom. The SMILES string of the molecule is C=CC(C)C(=O)OCC(C)COc1ccc(C2(c3ccc(OCC(O)COC(=O)C(=C)CC)cc3)c3ccccc3Oc3ccccc32)cc1. The molecule has 0 aromatic heterocycles. The van der Waals surface area contributed by atoms with Gasteiger partial charge in [-0.2, -0.15) is 0 Å². The van der Waals surface area contributed by atoms with E-state index in [9.17, 15) is 14.7 Å². The van der Waals surface area contributed by atoms with Gasteiger partial charge in [0.1, 0.15) is 42.3 Å². The van der Waals surface area contributed by atoms with E-state index in [1.165, 1.54) is 0 Å². The predicted molar refractivity (Wildman–Crippen MR) is 192 cm³/mol. The van der Waals surface area contributed by atoms with Crippen molar-refractivity contribution in [3.05, 3.63) is 144 Å². The van der Waals surface area contributed by atoms with Crippen LogP contribution in [-0.2, 0) is 24.5 Å². The Morgan fingerprint density at radius 1 is 0.760 bits per heavy atom. The van der Waals surface area contributed by atoms with Gasteiger partial charge in [-0.05, 0) is 60.9 Å². The molecule has 3 unspecified atom stereocenters. The first-order valence-corrected chi connectivity index (χ1v) is 16.8. The van der Waals surface area contributed by atoms with Gasteiger partial charge in [0.15, 0.2) is 0 Å². The van der Waals surface area contributed by atoms with E-state index in [2.05, 4.69) is 37.4 Å². The van der Waals surface area contributed by atoms with E-state index in [4.69, 9.17) is 23.7 Å². The Kier molecular flexibility index (Phi) is 11.8. The Morgan fingerprint density at radius 2 is 1.28 bits per heavy atom. The molecule has 0 amide bonds. The van der Waals surface area contributed by atoms with Gasteiger partial charge in [0.05, 0.1) is 24.5 Å². The van der Waals surface area contributed by atoms with Crippen LogP contribution < -0.4 is 14.2 Å². The normalized spacial score (nSPS) is 14.4. The molecule has 1 heterocycles. The number of carbonyl (C=O) groups excluding carboxylic acids is 2. The Balaban J connectivity index is 1.40. The molecule has 50 heavy (non-hydrogen) atoms. The average molecular weight is 677 g/mol. The van der Waals surface area contributed by atoms with E-state index in [0.717, 1.165) is 33.8 Å². The zero-order valence-electron chi connectivity index (χ0n) is 28.8. The minimum Gasteiger partial charge on any atom is -0.493 e. The second kappa shape index (κ2) is 16.4. The smallest absolute Gasteiger partial charge is 0.333 e. The highest BCUT2D eigenvalue weighted by atomic mass is 16.6. The number of benzene rings is 4. The largest absolute Gasteiger partial charge is 0.493 e. The molecule has 8 nitrogen and oxygen atoms in total. The lowest BCUT2D eigenvalue weighted by atomic mass is 9.63. The number of hydrogen-bond acceptors (Lipinski definition) is 8. The third-order valence-corrected chi connectivity index (χ3v) is 8.71. The summed E-state index contributed by atoms with van der Waals surface area (Å²) in [6, 6.07) is 31.9. The van der Waals surface area contributed by atoms with Crippen LogP contribution in [0.25, 0.3) is 0 Å². The average Bonchev–Trinajstić information content (AvgIpc) is 3.16. The van der Waals surface area contributed by atoms with E-state index < -0.39 is 17.5 Å². The standard InChI is InChI=1S/C42H44O8/c1-6-29(4)40(44)48-25-28(3)24-46-34-20-16-31(17-21-34)42(36-12-8-10-14-38(36)50-39-15-11-9-13-37(39)42)32-18-22-35(23-19-32)47-26-33(43)27-49-41(45)30(5)7-2/h6,8-23,28-29,33,43H,1,5,7,24-27H2,2-4H3. The van der Waals surface area contributed by atoms with Gasteiger partial charge in [0.2, 0.25) is 0 Å². The molecule has 1 N–H and O–H groups in total. The van der Waals surface area contributed by atoms with Crippen LogP contribution in [0.2, 0.25) is 0 Å². The maximum absolute atomic E-state index is 12.0. The molecular weight excluding hydrogens is 632 g/mol. The number of rotatable bonds is 16. The van der Waals surface area contributed by atoms with Gasteiger partial charge in [0.25, 0.3) is 0 Å². The molecule has 260 valence electrons. The van der Waals surface area contributed by atoms with E-state index in [1.807, 2.05) is 86.6 Å². The van der Waals surface area contributed by atoms with Crippen LogP contribution in [0.1, 0.15) is 49.4 Å². The van der Waals surface area contributed by atoms with E-state index in [1.54, 1.807) is 13.0 Å². The molecular formula is C42H44O8. The van der Waals surface area contributed by atoms with E-state index in [-0.39, 0.29) is 37.6 Å². The Hall–Kier alpha value is -5.34. The molecule has 0 fully saturated rings. The van der Waals surface area contributed by atoms with E-state index in [0.29, 0.717) is 30.1 Å². The molecule has 3 atom stereocenters. The van der Waals surface area contributed by atoms with Crippen molar-refractivity contribution >= 4 is 11.9 Å². The van der Waals surface area contributed by atoms with Gasteiger partial charge >= 0.3 is 11.9 Å². The third kappa shape index (κ3) is 7.92. The van der Waals surface area contributed by atoms with Gasteiger partial charge in [-0.25, -0.2) is 4.79 Å². The summed E-state index contributed by atoms with van der Waals surface area (Å²) in [6.07, 6.45) is 1.05. The summed E-state index contributed by atoms with van der Waals surface area (Å²) in [6.45, 7) is 13.3. The fourth-order valence-electron chi connectivity index (χ4n) is 5.78. The van der Waals surface area contributed by atoms with Crippen LogP contribution >= 0.6 is 0 Å². The minimum absolute atomic E-state index is 0.00541. The summed E-state index contributed by atoms with van der Waals surface area (Å²) in [5, 5.41) is 10.4. The highest BCUT2D eigenvalue weighted by Crippen LogP contribution is 2.55. The maximum atomic E-state index is 12.0. The van der Waals surface area contributed by atoms with E-state index >= 15 is 0 Å². The van der Waals surface area contributed by atoms with Gasteiger partial charge in [-0.15, -0.1) is 6.58 Å². The quantitative estimate of drug-likeness (QED) is 0.0642. The summed E-state index contributed by atoms with van der Waals surface area (Å²) in [5.74, 6) is 1.58. The molecule has 4 aromatic carbocycles. The van der Waals surface area contributed by atoms with Crippen molar-refractivity contribution < 1.29 is 38.4 Å². The Labute approximate surface area is 293 Å². The first kappa shape index (κ1) is 36.0. The van der Waals surface area contributed by atoms with Gasteiger partial charge in [0, 0.05) is 22.6 Å². The molecule has 4 aromatic rings. The highest BCUT2D eigenvalue weighted by molar-refractivity contribution is 5.87. The number of fused-ring (bicyclic) bond motifs is 2. The number of carbonyl (C=O) groups is 2.